The largest absolute Gasteiger partial charge is 0.479 e. The molecule has 0 radical (unpaired) electrons. The molecule has 9 nitrogen and oxygen atoms in total. The van der Waals surface area contributed by atoms with Gasteiger partial charge in [-0.3, -0.25) is 9.63 Å². The summed E-state index contributed by atoms with van der Waals surface area (Å²) in [5, 5.41) is 23.8. The van der Waals surface area contributed by atoms with Gasteiger partial charge in [0.15, 0.2) is 6.10 Å². The highest BCUT2D eigenvalue weighted by Crippen LogP contribution is 2.25. The van der Waals surface area contributed by atoms with Crippen LogP contribution in [0.5, 0.6) is 0 Å². The van der Waals surface area contributed by atoms with Gasteiger partial charge in [0.25, 0.3) is 5.91 Å². The lowest BCUT2D eigenvalue weighted by atomic mass is 9.97. The van der Waals surface area contributed by atoms with Gasteiger partial charge in [-0.15, -0.1) is 0 Å². The normalized spacial score (nSPS) is 12.4. The predicted molar refractivity (Wildman–Crippen MR) is 159 cm³/mol. The lowest BCUT2D eigenvalue weighted by Crippen LogP contribution is -2.40. The number of carbonyl (C=O) groups excluding carboxylic acids is 1. The Morgan fingerprint density at radius 2 is 1.63 bits per heavy atom. The van der Waals surface area contributed by atoms with Crippen molar-refractivity contribution in [2.45, 2.75) is 31.6 Å². The van der Waals surface area contributed by atoms with E-state index in [2.05, 4.69) is 5.32 Å². The number of hydrogen-bond acceptors (Lipinski definition) is 7. The molecule has 0 aromatic heterocycles. The lowest BCUT2D eigenvalue weighted by Gasteiger charge is -2.22. The fourth-order valence-corrected chi connectivity index (χ4v) is 4.47. The smallest absolute Gasteiger partial charge is 0.332 e. The zero-order valence-corrected chi connectivity index (χ0v) is 22.9. The minimum absolute atomic E-state index is 0.192. The first-order valence-corrected chi connectivity index (χ1v) is 13.2. The van der Waals surface area contributed by atoms with E-state index in [-0.39, 0.29) is 30.7 Å². The molecule has 0 bridgehead atoms. The van der Waals surface area contributed by atoms with Gasteiger partial charge in [-0.2, -0.15) is 5.17 Å². The summed E-state index contributed by atoms with van der Waals surface area (Å²) in [7, 11) is 0. The van der Waals surface area contributed by atoms with Crippen LogP contribution in [0.25, 0.3) is 11.1 Å². The van der Waals surface area contributed by atoms with Crippen molar-refractivity contribution in [3.63, 3.8) is 0 Å². The van der Waals surface area contributed by atoms with Crippen molar-refractivity contribution in [3.05, 3.63) is 119 Å². The zero-order valence-electron chi connectivity index (χ0n) is 22.1. The van der Waals surface area contributed by atoms with Gasteiger partial charge in [-0.25, -0.2) is 10.6 Å². The average molecular weight is 575 g/mol. The molecule has 0 spiro atoms. The summed E-state index contributed by atoms with van der Waals surface area (Å²) in [4.78, 5) is 30.2. The number of nitrogens with one attached hydrogen (secondary N) is 1. The topological polar surface area (TPSA) is 151 Å². The molecule has 41 heavy (non-hydrogen) atoms. The minimum atomic E-state index is -1.65. The number of anilines is 2. The second-order valence-electron chi connectivity index (χ2n) is 9.53. The molecular weight excluding hydrogens is 544 g/mol. The van der Waals surface area contributed by atoms with Gasteiger partial charge in [0.1, 0.15) is 12.3 Å². The maximum atomic E-state index is 13.2. The number of aliphatic hydroxyl groups is 1. The number of aliphatic carboxylic acids is 1. The van der Waals surface area contributed by atoms with Crippen molar-refractivity contribution < 1.29 is 24.6 Å². The third kappa shape index (κ3) is 8.29. The SMILES string of the molecule is Nc1ccc(C(=O)N[C@H](Cc2ccc(-c3cccc(Cl)c3)cc2)CC(O)C(=O)O)cc1N(N)OCc1ccccc1. The first-order chi connectivity index (χ1) is 19.7. The Kier molecular flexibility index (Phi) is 9.94. The van der Waals surface area contributed by atoms with Crippen LogP contribution >= 0.6 is 11.6 Å². The van der Waals surface area contributed by atoms with Crippen LogP contribution in [0.2, 0.25) is 5.02 Å². The molecule has 4 rings (SSSR count). The van der Waals surface area contributed by atoms with Gasteiger partial charge in [-0.1, -0.05) is 78.3 Å². The summed E-state index contributed by atoms with van der Waals surface area (Å²) in [5.41, 5.74) is 10.6. The fourth-order valence-electron chi connectivity index (χ4n) is 4.28. The number of rotatable bonds is 12. The summed E-state index contributed by atoms with van der Waals surface area (Å²) in [6.07, 6.45) is -1.56. The number of aliphatic hydroxyl groups excluding tert-OH is 1. The molecule has 1 amide bonds. The van der Waals surface area contributed by atoms with Crippen molar-refractivity contribution in [2.24, 2.45) is 5.84 Å². The Labute approximate surface area is 242 Å². The Hall–Kier alpha value is -4.41. The number of halogens is 1. The molecule has 4 aromatic rings. The lowest BCUT2D eigenvalue weighted by molar-refractivity contribution is -0.147. The third-order valence-electron chi connectivity index (χ3n) is 6.47. The van der Waals surface area contributed by atoms with Crippen LogP contribution in [0, 0.1) is 0 Å². The van der Waals surface area contributed by atoms with Crippen LogP contribution in [0.3, 0.4) is 0 Å². The van der Waals surface area contributed by atoms with E-state index >= 15 is 0 Å². The molecule has 0 aliphatic heterocycles. The van der Waals surface area contributed by atoms with E-state index in [1.807, 2.05) is 72.8 Å². The Morgan fingerprint density at radius 1 is 0.902 bits per heavy atom. The van der Waals surface area contributed by atoms with Crippen LogP contribution in [0.15, 0.2) is 97.1 Å². The molecule has 10 heteroatoms. The molecule has 0 saturated carbocycles. The maximum Gasteiger partial charge on any atom is 0.332 e. The standard InChI is InChI=1S/C31H31ClN4O5/c32-25-8-4-7-23(16-25)22-11-9-20(10-12-22)15-26(18-29(37)31(39)40)35-30(38)24-13-14-27(33)28(17-24)36(34)41-19-21-5-2-1-3-6-21/h1-14,16-17,26,29,37H,15,18-19,33-34H2,(H,35,38)(H,39,40)/t26-,29?/m1/s1. The summed E-state index contributed by atoms with van der Waals surface area (Å²) in [5.74, 6) is 4.22. The highest BCUT2D eigenvalue weighted by molar-refractivity contribution is 6.30. The number of carbonyl (C=O) groups is 2. The van der Waals surface area contributed by atoms with Crippen molar-refractivity contribution in [1.82, 2.24) is 5.32 Å². The maximum absolute atomic E-state index is 13.2. The van der Waals surface area contributed by atoms with E-state index in [4.69, 9.17) is 28.0 Å². The van der Waals surface area contributed by atoms with Gasteiger partial charge in [0, 0.05) is 23.0 Å². The van der Waals surface area contributed by atoms with E-state index in [1.54, 1.807) is 6.07 Å². The van der Waals surface area contributed by atoms with Crippen molar-refractivity contribution >= 4 is 34.9 Å². The van der Waals surface area contributed by atoms with Gasteiger partial charge in [0.2, 0.25) is 0 Å². The predicted octanol–water partition coefficient (Wildman–Crippen LogP) is 4.58. The average Bonchev–Trinajstić information content (AvgIpc) is 2.97. The summed E-state index contributed by atoms with van der Waals surface area (Å²) in [6, 6.07) is 28.4. The quantitative estimate of drug-likeness (QED) is 0.0937. The molecule has 7 N–H and O–H groups in total. The second-order valence-corrected chi connectivity index (χ2v) is 9.97. The number of carboxylic acid groups (broad SMARTS) is 1. The minimum Gasteiger partial charge on any atom is -0.479 e. The van der Waals surface area contributed by atoms with Crippen molar-refractivity contribution in [2.75, 3.05) is 10.9 Å². The summed E-state index contributed by atoms with van der Waals surface area (Å²) in [6.45, 7) is 0.193. The molecule has 0 heterocycles. The molecule has 2 atom stereocenters. The highest BCUT2D eigenvalue weighted by Gasteiger charge is 2.23. The number of nitrogens with two attached hydrogens (primary N) is 2. The van der Waals surface area contributed by atoms with Crippen LogP contribution in [0.4, 0.5) is 11.4 Å². The fraction of sp³-hybridized carbons (Fsp3) is 0.161. The monoisotopic (exact) mass is 574 g/mol. The molecule has 212 valence electrons. The number of hydrogen-bond donors (Lipinski definition) is 5. The number of hydrazine groups is 1. The number of nitrogen functional groups attached to an aromatic ring is 1. The molecule has 0 aliphatic rings. The third-order valence-corrected chi connectivity index (χ3v) is 6.70. The molecule has 0 saturated heterocycles. The molecule has 0 aliphatic carbocycles. The Morgan fingerprint density at radius 3 is 2.32 bits per heavy atom. The second kappa shape index (κ2) is 13.8. The van der Waals surface area contributed by atoms with E-state index < -0.39 is 24.0 Å². The zero-order chi connectivity index (χ0) is 29.4. The first-order valence-electron chi connectivity index (χ1n) is 12.9. The molecular formula is C31H31ClN4O5. The van der Waals surface area contributed by atoms with Gasteiger partial charge in [-0.05, 0) is 59.0 Å². The number of carboxylic acids is 1. The van der Waals surface area contributed by atoms with Crippen LogP contribution in [-0.2, 0) is 22.7 Å². The number of nitrogens with zero attached hydrogens (tertiary/aromatic N) is 1. The Balaban J connectivity index is 1.47. The van der Waals surface area contributed by atoms with Crippen molar-refractivity contribution in [1.29, 1.82) is 0 Å². The van der Waals surface area contributed by atoms with Gasteiger partial charge >= 0.3 is 5.97 Å². The van der Waals surface area contributed by atoms with Crippen LogP contribution < -0.4 is 22.1 Å². The molecule has 0 fully saturated rings. The van der Waals surface area contributed by atoms with Crippen LogP contribution in [0.1, 0.15) is 27.9 Å². The van der Waals surface area contributed by atoms with Gasteiger partial charge in [0.05, 0.1) is 5.69 Å². The van der Waals surface area contributed by atoms with Gasteiger partial charge < -0.3 is 21.3 Å². The summed E-state index contributed by atoms with van der Waals surface area (Å²) < 4.78 is 0. The van der Waals surface area contributed by atoms with Crippen molar-refractivity contribution in [3.8, 4) is 11.1 Å². The van der Waals surface area contributed by atoms with E-state index in [1.165, 1.54) is 18.2 Å². The highest BCUT2D eigenvalue weighted by atomic mass is 35.5. The number of benzene rings is 4. The molecule has 1 unspecified atom stereocenters. The number of amides is 1. The van der Waals surface area contributed by atoms with E-state index in [0.717, 1.165) is 27.4 Å². The van der Waals surface area contributed by atoms with E-state index in [9.17, 15) is 19.8 Å². The Bertz CT molecular complexity index is 1480. The van der Waals surface area contributed by atoms with E-state index in [0.29, 0.717) is 10.7 Å². The summed E-state index contributed by atoms with van der Waals surface area (Å²) >= 11 is 6.11. The first kappa shape index (κ1) is 29.6. The molecule has 4 aromatic carbocycles. The van der Waals surface area contributed by atoms with Crippen LogP contribution in [-0.4, -0.2) is 34.2 Å².